The highest BCUT2D eigenvalue weighted by Crippen LogP contribution is 2.75. The maximum Gasteiger partial charge on any atom is 0.251 e. The molecule has 5 rings (SSSR count). The number of amides is 1. The van der Waals surface area contributed by atoms with Gasteiger partial charge in [0.15, 0.2) is 0 Å². The third-order valence-corrected chi connectivity index (χ3v) is 7.58. The van der Waals surface area contributed by atoms with E-state index in [1.807, 2.05) is 0 Å². The normalized spacial score (nSPS) is 41.4. The largest absolute Gasteiger partial charge is 0.349 e. The third-order valence-electron chi connectivity index (χ3n) is 7.58. The van der Waals surface area contributed by atoms with Gasteiger partial charge in [0, 0.05) is 12.1 Å². The van der Waals surface area contributed by atoms with Gasteiger partial charge in [-0.1, -0.05) is 11.6 Å². The number of rotatable bonds is 4. The number of allylic oxidation sites excluding steroid dienone is 1. The highest BCUT2D eigenvalue weighted by atomic mass is 19.1. The number of fused-ring (bicyclic) bond motifs is 4. The van der Waals surface area contributed by atoms with Crippen molar-refractivity contribution in [2.75, 3.05) is 6.54 Å². The molecule has 1 aromatic carbocycles. The van der Waals surface area contributed by atoms with Crippen LogP contribution in [0.2, 0.25) is 0 Å². The van der Waals surface area contributed by atoms with Crippen molar-refractivity contribution in [3.05, 3.63) is 47.3 Å². The van der Waals surface area contributed by atoms with E-state index in [4.69, 9.17) is 0 Å². The highest BCUT2D eigenvalue weighted by molar-refractivity contribution is 5.94. The molecule has 4 aliphatic rings. The first-order valence-electron chi connectivity index (χ1n) is 9.34. The molecule has 3 heteroatoms. The average Bonchev–Trinajstić information content (AvgIpc) is 3.26. The van der Waals surface area contributed by atoms with E-state index in [1.165, 1.54) is 49.1 Å². The Morgan fingerprint density at radius 2 is 1.83 bits per heavy atom. The first-order valence-corrected chi connectivity index (χ1v) is 9.34. The van der Waals surface area contributed by atoms with E-state index in [-0.39, 0.29) is 11.7 Å². The standard InChI is InChI=1S/C21H24FNO/c1-11(6-7-23-21(24)12-2-4-14(22)5-3-12)19-17-10-18-16-9-13(20(18)19)8-15(16)17/h2-6,13,15-20H,7-10H2,1H3,(H,23,24)/b11-6+. The predicted molar refractivity (Wildman–Crippen MR) is 90.8 cm³/mol. The molecule has 0 aromatic heterocycles. The van der Waals surface area contributed by atoms with Gasteiger partial charge in [0.2, 0.25) is 0 Å². The van der Waals surface area contributed by atoms with Gasteiger partial charge in [0.1, 0.15) is 5.82 Å². The summed E-state index contributed by atoms with van der Waals surface area (Å²) in [5, 5.41) is 2.94. The molecule has 4 aliphatic carbocycles. The Morgan fingerprint density at radius 3 is 2.54 bits per heavy atom. The van der Waals surface area contributed by atoms with E-state index < -0.39 is 0 Å². The van der Waals surface area contributed by atoms with Crippen molar-refractivity contribution in [3.8, 4) is 0 Å². The van der Waals surface area contributed by atoms with Crippen LogP contribution in [0.25, 0.3) is 0 Å². The fraction of sp³-hybridized carbons (Fsp3) is 0.571. The predicted octanol–water partition coefficient (Wildman–Crippen LogP) is 4.04. The summed E-state index contributed by atoms with van der Waals surface area (Å²) in [5.41, 5.74) is 2.00. The smallest absolute Gasteiger partial charge is 0.251 e. The number of halogens is 1. The Labute approximate surface area is 142 Å². The minimum absolute atomic E-state index is 0.129. The molecule has 0 heterocycles. The van der Waals surface area contributed by atoms with Gasteiger partial charge >= 0.3 is 0 Å². The van der Waals surface area contributed by atoms with E-state index in [2.05, 4.69) is 18.3 Å². The number of benzene rings is 1. The summed E-state index contributed by atoms with van der Waals surface area (Å²) >= 11 is 0. The topological polar surface area (TPSA) is 29.1 Å². The molecule has 2 nitrogen and oxygen atoms in total. The van der Waals surface area contributed by atoms with E-state index in [9.17, 15) is 9.18 Å². The van der Waals surface area contributed by atoms with Crippen molar-refractivity contribution < 1.29 is 9.18 Å². The Morgan fingerprint density at radius 1 is 1.12 bits per heavy atom. The number of hydrogen-bond donors (Lipinski definition) is 1. The lowest BCUT2D eigenvalue weighted by molar-refractivity contribution is 0.0926. The summed E-state index contributed by atoms with van der Waals surface area (Å²) in [7, 11) is 0. The van der Waals surface area contributed by atoms with Crippen molar-refractivity contribution in [1.82, 2.24) is 5.32 Å². The molecular weight excluding hydrogens is 301 g/mol. The summed E-state index contributed by atoms with van der Waals surface area (Å²) in [6.45, 7) is 2.84. The van der Waals surface area contributed by atoms with Crippen LogP contribution >= 0.6 is 0 Å². The van der Waals surface area contributed by atoms with Crippen molar-refractivity contribution in [2.45, 2.75) is 26.2 Å². The molecule has 4 bridgehead atoms. The second kappa shape index (κ2) is 5.18. The van der Waals surface area contributed by atoms with Crippen LogP contribution < -0.4 is 5.32 Å². The summed E-state index contributed by atoms with van der Waals surface area (Å²) < 4.78 is 12.9. The van der Waals surface area contributed by atoms with Crippen molar-refractivity contribution in [2.24, 2.45) is 41.4 Å². The van der Waals surface area contributed by atoms with Gasteiger partial charge in [-0.3, -0.25) is 4.79 Å². The number of nitrogens with one attached hydrogen (secondary N) is 1. The van der Waals surface area contributed by atoms with E-state index in [0.29, 0.717) is 12.1 Å². The minimum Gasteiger partial charge on any atom is -0.349 e. The molecule has 0 spiro atoms. The number of carbonyl (C=O) groups is 1. The van der Waals surface area contributed by atoms with Gasteiger partial charge in [-0.25, -0.2) is 4.39 Å². The summed E-state index contributed by atoms with van der Waals surface area (Å²) in [6.07, 6.45) is 6.69. The first kappa shape index (κ1) is 14.7. The molecule has 0 aliphatic heterocycles. The van der Waals surface area contributed by atoms with Crippen molar-refractivity contribution in [3.63, 3.8) is 0 Å². The zero-order valence-corrected chi connectivity index (χ0v) is 14.0. The number of hydrogen-bond acceptors (Lipinski definition) is 1. The molecule has 126 valence electrons. The maximum atomic E-state index is 12.9. The van der Waals surface area contributed by atoms with E-state index >= 15 is 0 Å². The molecule has 7 unspecified atom stereocenters. The Balaban J connectivity index is 1.23. The lowest BCUT2D eigenvalue weighted by atomic mass is 9.62. The summed E-state index contributed by atoms with van der Waals surface area (Å²) in [4.78, 5) is 12.1. The Bertz CT molecular complexity index is 705. The van der Waals surface area contributed by atoms with Crippen LogP contribution in [0.15, 0.2) is 35.9 Å². The molecule has 4 fully saturated rings. The van der Waals surface area contributed by atoms with Crippen LogP contribution in [0.5, 0.6) is 0 Å². The van der Waals surface area contributed by atoms with E-state index in [0.717, 1.165) is 41.4 Å². The van der Waals surface area contributed by atoms with Crippen LogP contribution in [-0.2, 0) is 0 Å². The molecule has 1 aromatic rings. The van der Waals surface area contributed by atoms with Crippen LogP contribution in [0.3, 0.4) is 0 Å². The Hall–Kier alpha value is -1.64. The van der Waals surface area contributed by atoms with Crippen molar-refractivity contribution in [1.29, 1.82) is 0 Å². The molecule has 4 saturated carbocycles. The van der Waals surface area contributed by atoms with Crippen molar-refractivity contribution >= 4 is 5.91 Å². The van der Waals surface area contributed by atoms with Crippen LogP contribution in [0.1, 0.15) is 36.5 Å². The van der Waals surface area contributed by atoms with Crippen LogP contribution in [-0.4, -0.2) is 12.5 Å². The SMILES string of the molecule is C/C(=C\CNC(=O)c1ccc(F)cc1)C1C2CC3C4CC(CC42)C31. The highest BCUT2D eigenvalue weighted by Gasteiger charge is 2.68. The van der Waals surface area contributed by atoms with Gasteiger partial charge in [0.05, 0.1) is 0 Å². The van der Waals surface area contributed by atoms with Gasteiger partial charge < -0.3 is 5.32 Å². The zero-order valence-electron chi connectivity index (χ0n) is 14.0. The molecule has 24 heavy (non-hydrogen) atoms. The number of carbonyl (C=O) groups excluding carboxylic acids is 1. The monoisotopic (exact) mass is 325 g/mol. The zero-order chi connectivity index (χ0) is 16.4. The third kappa shape index (κ3) is 1.96. The Kier molecular flexibility index (Phi) is 3.17. The molecule has 1 amide bonds. The average molecular weight is 325 g/mol. The molecule has 0 radical (unpaired) electrons. The molecular formula is C21H24FNO. The van der Waals surface area contributed by atoms with Crippen LogP contribution in [0, 0.1) is 47.2 Å². The van der Waals surface area contributed by atoms with E-state index in [1.54, 1.807) is 0 Å². The fourth-order valence-corrected chi connectivity index (χ4v) is 6.94. The summed E-state index contributed by atoms with van der Waals surface area (Å²) in [6, 6.07) is 5.72. The van der Waals surface area contributed by atoms with Crippen LogP contribution in [0.4, 0.5) is 4.39 Å². The fourth-order valence-electron chi connectivity index (χ4n) is 6.94. The van der Waals surface area contributed by atoms with Gasteiger partial charge in [0.25, 0.3) is 5.91 Å². The quantitative estimate of drug-likeness (QED) is 0.832. The first-order chi connectivity index (χ1) is 11.6. The maximum absolute atomic E-state index is 12.9. The summed E-state index contributed by atoms with van der Waals surface area (Å²) in [5.74, 6) is 6.27. The van der Waals surface area contributed by atoms with Gasteiger partial charge in [-0.05, 0) is 91.9 Å². The lowest BCUT2D eigenvalue weighted by Crippen LogP contribution is -2.37. The molecule has 1 N–H and O–H groups in total. The molecule has 7 atom stereocenters. The second-order valence-corrected chi connectivity index (χ2v) is 8.39. The van der Waals surface area contributed by atoms with Gasteiger partial charge in [-0.15, -0.1) is 0 Å². The minimum atomic E-state index is -0.313. The second-order valence-electron chi connectivity index (χ2n) is 8.39. The lowest BCUT2D eigenvalue weighted by Gasteiger charge is -2.42. The molecule has 0 saturated heterocycles. The van der Waals surface area contributed by atoms with Gasteiger partial charge in [-0.2, -0.15) is 0 Å².